The zero-order valence-corrected chi connectivity index (χ0v) is 17.4. The van der Waals surface area contributed by atoms with Crippen molar-refractivity contribution < 1.29 is 27.2 Å². The molecule has 0 aromatic carbocycles. The van der Waals surface area contributed by atoms with Crippen LogP contribution in [-0.2, 0) is 17.0 Å². The van der Waals surface area contributed by atoms with Crippen LogP contribution < -0.4 is 0 Å². The Kier molecular flexibility index (Phi) is 33.7. The number of aliphatic hydroxyl groups excluding tert-OH is 2. The molecule has 2 N–H and O–H groups in total. The van der Waals surface area contributed by atoms with E-state index in [0.717, 1.165) is 12.8 Å². The normalized spacial score (nSPS) is 12.4. The molecule has 0 aliphatic heterocycles. The van der Waals surface area contributed by atoms with Crippen molar-refractivity contribution in [2.75, 3.05) is 13.2 Å². The van der Waals surface area contributed by atoms with E-state index >= 15 is 0 Å². The molecule has 2 atom stereocenters. The molecule has 21 heavy (non-hydrogen) atoms. The fourth-order valence-corrected chi connectivity index (χ4v) is 1.83. The summed E-state index contributed by atoms with van der Waals surface area (Å²) in [7, 11) is 9.78. The number of rotatable bonds is 10. The predicted molar refractivity (Wildman–Crippen MR) is 92.5 cm³/mol. The van der Waals surface area contributed by atoms with Gasteiger partial charge in [0.25, 0.3) is 0 Å². The third kappa shape index (κ3) is 26.4. The van der Waals surface area contributed by atoms with E-state index < -0.39 is 17.0 Å². The standard InChI is InChI=1S/2C8H18O.2ClH.Ti/c2*1-3-5-6-8(4-2)7-9;;;/h2*8-9H,3-7H2,1-2H3;2*1H;/q;;;;+2/p-2. The minimum absolute atomic E-state index is 0.372. The molecule has 0 rings (SSSR count). The van der Waals surface area contributed by atoms with E-state index in [0.29, 0.717) is 25.0 Å². The van der Waals surface area contributed by atoms with Gasteiger partial charge in [-0.1, -0.05) is 66.2 Å². The van der Waals surface area contributed by atoms with Crippen molar-refractivity contribution in [1.29, 1.82) is 0 Å². The predicted octanol–water partition coefficient (Wildman–Crippen LogP) is 5.77. The monoisotopic (exact) mass is 378 g/mol. The molecule has 0 heterocycles. The molecule has 0 aromatic heterocycles. The van der Waals surface area contributed by atoms with Gasteiger partial charge in [0.05, 0.1) is 0 Å². The van der Waals surface area contributed by atoms with Gasteiger partial charge >= 0.3 is 35.6 Å². The van der Waals surface area contributed by atoms with Gasteiger partial charge in [0.2, 0.25) is 0 Å². The summed E-state index contributed by atoms with van der Waals surface area (Å²) in [5.41, 5.74) is 0. The summed E-state index contributed by atoms with van der Waals surface area (Å²) in [6.07, 6.45) is 9.66. The molecule has 0 amide bonds. The molecule has 0 radical (unpaired) electrons. The van der Waals surface area contributed by atoms with Crippen LogP contribution in [0, 0.1) is 11.8 Å². The Balaban J connectivity index is -0.000000260. The van der Waals surface area contributed by atoms with E-state index in [4.69, 9.17) is 28.8 Å². The van der Waals surface area contributed by atoms with Gasteiger partial charge in [-0.3, -0.25) is 0 Å². The fourth-order valence-electron chi connectivity index (χ4n) is 1.83. The summed E-state index contributed by atoms with van der Waals surface area (Å²) in [6.45, 7) is 9.38. The molecule has 0 aliphatic carbocycles. The van der Waals surface area contributed by atoms with Gasteiger partial charge in [0.15, 0.2) is 0 Å². The van der Waals surface area contributed by atoms with E-state index in [1.807, 2.05) is 0 Å². The van der Waals surface area contributed by atoms with Gasteiger partial charge in [-0.25, -0.2) is 0 Å². The summed E-state index contributed by atoms with van der Waals surface area (Å²) < 4.78 is 0. The van der Waals surface area contributed by atoms with Crippen molar-refractivity contribution in [3.63, 3.8) is 0 Å². The zero-order chi connectivity index (χ0) is 16.9. The van der Waals surface area contributed by atoms with Gasteiger partial charge in [-0.2, -0.15) is 0 Å². The molecule has 0 saturated carbocycles. The van der Waals surface area contributed by atoms with Crippen LogP contribution in [-0.4, -0.2) is 23.4 Å². The molecule has 0 saturated heterocycles. The third-order valence-electron chi connectivity index (χ3n) is 3.60. The molecule has 0 aromatic rings. The van der Waals surface area contributed by atoms with Gasteiger partial charge in [-0.15, -0.1) is 0 Å². The molecule has 2 unspecified atom stereocenters. The first-order chi connectivity index (χ1) is 10.1. The van der Waals surface area contributed by atoms with Crippen molar-refractivity contribution in [1.82, 2.24) is 0 Å². The maximum absolute atomic E-state index is 8.75. The Morgan fingerprint density at radius 1 is 0.762 bits per heavy atom. The third-order valence-corrected chi connectivity index (χ3v) is 3.60. The Morgan fingerprint density at radius 2 is 1.05 bits per heavy atom. The van der Waals surface area contributed by atoms with Crippen molar-refractivity contribution in [3.8, 4) is 0 Å². The van der Waals surface area contributed by atoms with Gasteiger partial charge in [0.1, 0.15) is 0 Å². The van der Waals surface area contributed by atoms with Crippen LogP contribution in [0.1, 0.15) is 79.1 Å². The molecule has 130 valence electrons. The minimum atomic E-state index is -0.556. The average Bonchev–Trinajstić information content (AvgIpc) is 2.51. The van der Waals surface area contributed by atoms with Crippen LogP contribution in [0.15, 0.2) is 0 Å². The Bertz CT molecular complexity index is 139. The van der Waals surface area contributed by atoms with Crippen LogP contribution in [0.2, 0.25) is 0 Å². The van der Waals surface area contributed by atoms with Crippen molar-refractivity contribution in [2.24, 2.45) is 11.8 Å². The Hall–Kier alpha value is 1.21. The number of hydrogen-bond donors (Lipinski definition) is 2. The molecule has 0 aliphatic rings. The van der Waals surface area contributed by atoms with Crippen LogP contribution >= 0.6 is 18.6 Å². The number of unbranched alkanes of at least 4 members (excludes halogenated alkanes) is 2. The molecular weight excluding hydrogens is 343 g/mol. The second-order valence-corrected chi connectivity index (χ2v) is 7.85. The quantitative estimate of drug-likeness (QED) is 0.474. The number of hydrogen-bond acceptors (Lipinski definition) is 2. The van der Waals surface area contributed by atoms with E-state index in [2.05, 4.69) is 27.7 Å². The molecule has 2 nitrogen and oxygen atoms in total. The molecular formula is C16H36Cl2O2Ti. The van der Waals surface area contributed by atoms with Crippen LogP contribution in [0.4, 0.5) is 0 Å². The first-order valence-corrected chi connectivity index (χ1v) is 12.6. The molecule has 0 spiro atoms. The second kappa shape index (κ2) is 26.1. The van der Waals surface area contributed by atoms with E-state index in [1.165, 1.54) is 38.5 Å². The molecule has 0 bridgehead atoms. The average molecular weight is 379 g/mol. The molecule has 0 fully saturated rings. The van der Waals surface area contributed by atoms with Crippen LogP contribution in [0.3, 0.4) is 0 Å². The SMILES string of the molecule is CCCCC(CC)CO.CCCCC(CC)CO.[Cl][Ti][Cl]. The first kappa shape index (κ1) is 27.1. The van der Waals surface area contributed by atoms with Gasteiger partial charge in [0, 0.05) is 13.2 Å². The summed E-state index contributed by atoms with van der Waals surface area (Å²) in [5.74, 6) is 1.12. The van der Waals surface area contributed by atoms with E-state index in [1.54, 1.807) is 0 Å². The van der Waals surface area contributed by atoms with E-state index in [-0.39, 0.29) is 0 Å². The van der Waals surface area contributed by atoms with Gasteiger partial charge < -0.3 is 10.2 Å². The number of halogens is 2. The topological polar surface area (TPSA) is 40.5 Å². The van der Waals surface area contributed by atoms with Gasteiger partial charge in [-0.05, 0) is 24.7 Å². The summed E-state index contributed by atoms with van der Waals surface area (Å²) in [4.78, 5) is 0. The maximum atomic E-state index is 8.75. The zero-order valence-electron chi connectivity index (χ0n) is 14.4. The van der Waals surface area contributed by atoms with Crippen LogP contribution in [0.5, 0.6) is 0 Å². The summed E-state index contributed by atoms with van der Waals surface area (Å²) in [5, 5.41) is 17.5. The Morgan fingerprint density at radius 3 is 1.19 bits per heavy atom. The van der Waals surface area contributed by atoms with Crippen molar-refractivity contribution in [2.45, 2.75) is 79.1 Å². The molecule has 5 heteroatoms. The second-order valence-electron chi connectivity index (χ2n) is 5.27. The summed E-state index contributed by atoms with van der Waals surface area (Å²) >= 11 is -0.556. The van der Waals surface area contributed by atoms with E-state index in [9.17, 15) is 0 Å². The Labute approximate surface area is 149 Å². The van der Waals surface area contributed by atoms with Crippen molar-refractivity contribution >= 4 is 18.6 Å². The van der Waals surface area contributed by atoms with Crippen molar-refractivity contribution in [3.05, 3.63) is 0 Å². The fraction of sp³-hybridized carbons (Fsp3) is 1.00. The summed E-state index contributed by atoms with van der Waals surface area (Å²) in [6, 6.07) is 0. The number of aliphatic hydroxyl groups is 2. The first-order valence-electron chi connectivity index (χ1n) is 8.29. The van der Waals surface area contributed by atoms with Crippen LogP contribution in [0.25, 0.3) is 0 Å².